The molecule has 4 nitrogen and oxygen atoms in total. The first-order valence-corrected chi connectivity index (χ1v) is 6.06. The molecule has 0 bridgehead atoms. The zero-order chi connectivity index (χ0) is 13.8. The minimum atomic E-state index is 0.243. The minimum absolute atomic E-state index is 0.243. The monoisotopic (exact) mass is 258 g/mol. The van der Waals surface area contributed by atoms with E-state index in [0.717, 1.165) is 22.6 Å². The van der Waals surface area contributed by atoms with Crippen LogP contribution in [0.5, 0.6) is 11.5 Å². The molecule has 2 rings (SSSR count). The predicted molar refractivity (Wildman–Crippen MR) is 77.6 cm³/mol. The summed E-state index contributed by atoms with van der Waals surface area (Å²) in [5.74, 6) is 1.07. The van der Waals surface area contributed by atoms with Crippen molar-refractivity contribution in [1.29, 1.82) is 0 Å². The molecule has 0 atom stereocenters. The number of benzene rings is 2. The summed E-state index contributed by atoms with van der Waals surface area (Å²) in [5.41, 5.74) is 9.21. The van der Waals surface area contributed by atoms with Gasteiger partial charge in [0.1, 0.15) is 11.5 Å². The Balaban J connectivity index is 2.12. The molecule has 19 heavy (non-hydrogen) atoms. The number of rotatable bonds is 4. The summed E-state index contributed by atoms with van der Waals surface area (Å²) < 4.78 is 5.16. The number of nitrogens with one attached hydrogen (secondary N) is 1. The largest absolute Gasteiger partial charge is 0.508 e. The third-order valence-electron chi connectivity index (χ3n) is 3.01. The summed E-state index contributed by atoms with van der Waals surface area (Å²) >= 11 is 0. The highest BCUT2D eigenvalue weighted by atomic mass is 16.5. The lowest BCUT2D eigenvalue weighted by atomic mass is 10.1. The zero-order valence-corrected chi connectivity index (χ0v) is 11.1. The van der Waals surface area contributed by atoms with Crippen LogP contribution >= 0.6 is 0 Å². The number of hydrogen-bond donors (Lipinski definition) is 3. The van der Waals surface area contributed by atoms with Gasteiger partial charge in [0.15, 0.2) is 0 Å². The quantitative estimate of drug-likeness (QED) is 0.582. The molecule has 0 saturated carbocycles. The molecule has 4 heteroatoms. The van der Waals surface area contributed by atoms with Gasteiger partial charge in [0.25, 0.3) is 0 Å². The summed E-state index contributed by atoms with van der Waals surface area (Å²) in [5, 5.41) is 13.0. The van der Waals surface area contributed by atoms with Crippen molar-refractivity contribution < 1.29 is 9.84 Å². The van der Waals surface area contributed by atoms with Crippen LogP contribution in [0, 0.1) is 6.92 Å². The Morgan fingerprint density at radius 2 is 2.00 bits per heavy atom. The van der Waals surface area contributed by atoms with Gasteiger partial charge in [-0.25, -0.2) is 0 Å². The highest BCUT2D eigenvalue weighted by molar-refractivity contribution is 5.55. The van der Waals surface area contributed by atoms with E-state index in [4.69, 9.17) is 10.5 Å². The Hall–Kier alpha value is -2.36. The average molecular weight is 258 g/mol. The van der Waals surface area contributed by atoms with Crippen LogP contribution in [0.2, 0.25) is 0 Å². The fraction of sp³-hybridized carbons (Fsp3) is 0.200. The van der Waals surface area contributed by atoms with Gasteiger partial charge in [-0.3, -0.25) is 0 Å². The van der Waals surface area contributed by atoms with Crippen molar-refractivity contribution in [3.63, 3.8) is 0 Å². The molecule has 100 valence electrons. The molecule has 2 aromatic rings. The number of aryl methyl sites for hydroxylation is 1. The molecule has 0 aliphatic heterocycles. The molecule has 0 spiro atoms. The molecule has 0 aromatic heterocycles. The van der Waals surface area contributed by atoms with Gasteiger partial charge in [0.05, 0.1) is 7.11 Å². The first-order valence-electron chi connectivity index (χ1n) is 6.06. The van der Waals surface area contributed by atoms with Crippen molar-refractivity contribution in [3.05, 3.63) is 47.5 Å². The van der Waals surface area contributed by atoms with E-state index in [9.17, 15) is 5.11 Å². The first-order chi connectivity index (χ1) is 9.10. The fourth-order valence-corrected chi connectivity index (χ4v) is 1.90. The van der Waals surface area contributed by atoms with Crippen LogP contribution in [-0.4, -0.2) is 12.2 Å². The second-order valence-electron chi connectivity index (χ2n) is 4.42. The van der Waals surface area contributed by atoms with Crippen LogP contribution < -0.4 is 15.8 Å². The van der Waals surface area contributed by atoms with Crippen molar-refractivity contribution in [2.24, 2.45) is 0 Å². The van der Waals surface area contributed by atoms with E-state index in [1.807, 2.05) is 25.1 Å². The highest BCUT2D eigenvalue weighted by Gasteiger charge is 2.04. The minimum Gasteiger partial charge on any atom is -0.508 e. The van der Waals surface area contributed by atoms with E-state index in [1.165, 1.54) is 0 Å². The Morgan fingerprint density at radius 3 is 2.68 bits per heavy atom. The summed E-state index contributed by atoms with van der Waals surface area (Å²) in [7, 11) is 1.65. The smallest absolute Gasteiger partial charge is 0.120 e. The lowest BCUT2D eigenvalue weighted by Crippen LogP contribution is -2.02. The van der Waals surface area contributed by atoms with Gasteiger partial charge in [0.2, 0.25) is 0 Å². The molecular weight excluding hydrogens is 240 g/mol. The van der Waals surface area contributed by atoms with Crippen LogP contribution in [0.4, 0.5) is 11.4 Å². The van der Waals surface area contributed by atoms with Gasteiger partial charge in [0, 0.05) is 23.5 Å². The van der Waals surface area contributed by atoms with Gasteiger partial charge in [-0.05, 0) is 48.9 Å². The molecular formula is C15H18N2O2. The number of nitrogen functional groups attached to an aromatic ring is 1. The van der Waals surface area contributed by atoms with Crippen LogP contribution in [0.15, 0.2) is 36.4 Å². The van der Waals surface area contributed by atoms with Gasteiger partial charge >= 0.3 is 0 Å². The number of anilines is 2. The summed E-state index contributed by atoms with van der Waals surface area (Å²) in [6, 6.07) is 10.9. The number of phenolic OH excluding ortho intramolecular Hbond substituents is 1. The van der Waals surface area contributed by atoms with Crippen LogP contribution in [0.25, 0.3) is 0 Å². The van der Waals surface area contributed by atoms with E-state index in [2.05, 4.69) is 5.32 Å². The summed E-state index contributed by atoms with van der Waals surface area (Å²) in [6.07, 6.45) is 0. The predicted octanol–water partition coefficient (Wildman–Crippen LogP) is 2.90. The van der Waals surface area contributed by atoms with Gasteiger partial charge in [-0.2, -0.15) is 0 Å². The van der Waals surface area contributed by atoms with Crippen molar-refractivity contribution >= 4 is 11.4 Å². The lowest BCUT2D eigenvalue weighted by Gasteiger charge is -2.12. The number of hydrogen-bond acceptors (Lipinski definition) is 4. The second-order valence-corrected chi connectivity index (χ2v) is 4.42. The van der Waals surface area contributed by atoms with Crippen molar-refractivity contribution in [2.45, 2.75) is 13.5 Å². The summed E-state index contributed by atoms with van der Waals surface area (Å²) in [6.45, 7) is 2.52. The molecule has 0 fully saturated rings. The standard InChI is InChI=1S/C15H18N2O2/c1-10-7-13(19-2)4-5-14(10)17-9-11-8-12(16)3-6-15(11)18/h3-8,17-18H,9,16H2,1-2H3. The molecule has 0 heterocycles. The normalized spacial score (nSPS) is 10.2. The topological polar surface area (TPSA) is 67.5 Å². The summed E-state index contributed by atoms with van der Waals surface area (Å²) in [4.78, 5) is 0. The number of aromatic hydroxyl groups is 1. The van der Waals surface area contributed by atoms with Gasteiger partial charge < -0.3 is 20.9 Å². The molecule has 0 radical (unpaired) electrons. The maximum Gasteiger partial charge on any atom is 0.120 e. The fourth-order valence-electron chi connectivity index (χ4n) is 1.90. The Labute approximate surface area is 112 Å². The van der Waals surface area contributed by atoms with Gasteiger partial charge in [-0.15, -0.1) is 0 Å². The number of phenols is 1. The maximum atomic E-state index is 9.75. The Morgan fingerprint density at radius 1 is 1.21 bits per heavy atom. The SMILES string of the molecule is COc1ccc(NCc2cc(N)ccc2O)c(C)c1. The Kier molecular flexibility index (Phi) is 3.80. The molecule has 4 N–H and O–H groups in total. The van der Waals surface area contributed by atoms with Gasteiger partial charge in [-0.1, -0.05) is 0 Å². The average Bonchev–Trinajstić information content (AvgIpc) is 2.40. The van der Waals surface area contributed by atoms with E-state index in [-0.39, 0.29) is 5.75 Å². The van der Waals surface area contributed by atoms with Crippen LogP contribution in [0.1, 0.15) is 11.1 Å². The lowest BCUT2D eigenvalue weighted by molar-refractivity contribution is 0.414. The highest BCUT2D eigenvalue weighted by Crippen LogP contribution is 2.24. The van der Waals surface area contributed by atoms with Crippen LogP contribution in [0.3, 0.4) is 0 Å². The van der Waals surface area contributed by atoms with E-state index in [0.29, 0.717) is 12.2 Å². The van der Waals surface area contributed by atoms with E-state index >= 15 is 0 Å². The van der Waals surface area contributed by atoms with Crippen molar-refractivity contribution in [1.82, 2.24) is 0 Å². The van der Waals surface area contributed by atoms with Crippen LogP contribution in [-0.2, 0) is 6.54 Å². The third kappa shape index (κ3) is 3.10. The molecule has 0 aliphatic carbocycles. The van der Waals surface area contributed by atoms with E-state index < -0.39 is 0 Å². The molecule has 0 amide bonds. The number of ether oxygens (including phenoxy) is 1. The molecule has 0 unspecified atom stereocenters. The number of methoxy groups -OCH3 is 1. The zero-order valence-electron chi connectivity index (χ0n) is 11.1. The maximum absolute atomic E-state index is 9.75. The van der Waals surface area contributed by atoms with Crippen molar-refractivity contribution in [2.75, 3.05) is 18.2 Å². The third-order valence-corrected chi connectivity index (χ3v) is 3.01. The molecule has 2 aromatic carbocycles. The second kappa shape index (κ2) is 5.52. The Bertz CT molecular complexity index is 582. The van der Waals surface area contributed by atoms with E-state index in [1.54, 1.807) is 25.3 Å². The molecule has 0 aliphatic rings. The van der Waals surface area contributed by atoms with Crippen molar-refractivity contribution in [3.8, 4) is 11.5 Å². The molecule has 0 saturated heterocycles. The first kappa shape index (κ1) is 13.1. The number of nitrogens with two attached hydrogens (primary N) is 1.